The molecule has 1 amide bonds. The summed E-state index contributed by atoms with van der Waals surface area (Å²) in [4.78, 5) is 26.7. The highest BCUT2D eigenvalue weighted by Gasteiger charge is 2.28. The van der Waals surface area contributed by atoms with Gasteiger partial charge in [0.15, 0.2) is 0 Å². The Labute approximate surface area is 207 Å². The van der Waals surface area contributed by atoms with E-state index in [1.54, 1.807) is 6.07 Å². The van der Waals surface area contributed by atoms with Crippen LogP contribution in [-0.2, 0) is 17.6 Å². The highest BCUT2D eigenvalue weighted by molar-refractivity contribution is 7.13. The number of likely N-dealkylation sites (tertiary alicyclic amines) is 1. The minimum absolute atomic E-state index is 0.0399. The Balaban J connectivity index is 1.37. The number of carbonyl (C=O) groups excluding carboxylic acids is 1. The number of aromatic carboxylic acids is 1. The van der Waals surface area contributed by atoms with E-state index >= 15 is 0 Å². The molecule has 3 atom stereocenters. The van der Waals surface area contributed by atoms with E-state index in [1.807, 2.05) is 29.2 Å². The van der Waals surface area contributed by atoms with Crippen LogP contribution in [0.4, 0.5) is 0 Å². The highest BCUT2D eigenvalue weighted by atomic mass is 32.1. The van der Waals surface area contributed by atoms with E-state index in [9.17, 15) is 14.7 Å². The van der Waals surface area contributed by atoms with E-state index in [4.69, 9.17) is 5.11 Å². The molecule has 2 N–H and O–H groups in total. The van der Waals surface area contributed by atoms with E-state index in [0.29, 0.717) is 17.8 Å². The van der Waals surface area contributed by atoms with Crippen LogP contribution < -0.4 is 0 Å². The van der Waals surface area contributed by atoms with Gasteiger partial charge in [0.1, 0.15) is 4.88 Å². The van der Waals surface area contributed by atoms with Gasteiger partial charge in [-0.15, -0.1) is 11.3 Å². The van der Waals surface area contributed by atoms with Crippen molar-refractivity contribution in [2.24, 2.45) is 5.92 Å². The Morgan fingerprint density at radius 1 is 1.12 bits per heavy atom. The maximum absolute atomic E-state index is 12.4. The predicted octanol–water partition coefficient (Wildman–Crippen LogP) is 5.73. The second-order valence-electron chi connectivity index (χ2n) is 9.31. The van der Waals surface area contributed by atoms with Crippen molar-refractivity contribution in [3.8, 4) is 0 Å². The quantitative estimate of drug-likeness (QED) is 0.266. The van der Waals surface area contributed by atoms with Crippen molar-refractivity contribution in [1.29, 1.82) is 0 Å². The Hall–Kier alpha value is -2.44. The lowest BCUT2D eigenvalue weighted by Crippen LogP contribution is -2.33. The lowest BCUT2D eigenvalue weighted by Gasteiger charge is -2.23. The molecule has 3 rings (SSSR count). The van der Waals surface area contributed by atoms with Gasteiger partial charge in [-0.2, -0.15) is 0 Å². The summed E-state index contributed by atoms with van der Waals surface area (Å²) in [5.41, 5.74) is 1.38. The molecule has 1 saturated heterocycles. The third-order valence-electron chi connectivity index (χ3n) is 6.65. The number of benzene rings is 1. The molecule has 1 aliphatic rings. The maximum Gasteiger partial charge on any atom is 0.345 e. The molecule has 0 bridgehead atoms. The van der Waals surface area contributed by atoms with Gasteiger partial charge in [0.2, 0.25) is 5.91 Å². The number of unbranched alkanes of at least 4 members (excludes halogenated alkanes) is 2. The van der Waals surface area contributed by atoms with Gasteiger partial charge in [0.05, 0.1) is 12.1 Å². The normalized spacial score (nSPS) is 18.0. The molecule has 2 heterocycles. The fourth-order valence-electron chi connectivity index (χ4n) is 4.52. The number of hydrogen-bond donors (Lipinski definition) is 2. The molecule has 2 aromatic rings. The first-order valence-corrected chi connectivity index (χ1v) is 13.3. The lowest BCUT2D eigenvalue weighted by atomic mass is 9.95. The Bertz CT molecular complexity index is 939. The zero-order valence-corrected chi connectivity index (χ0v) is 20.9. The molecule has 0 spiro atoms. The SMILES string of the molecule is CC(CCCCCc1ccccc1)C(O)C=CC1CCC(=O)N1CCCc1ccc(C(=O)O)s1. The minimum atomic E-state index is -0.892. The average Bonchev–Trinajstić information content (AvgIpc) is 3.45. The molecule has 184 valence electrons. The zero-order valence-electron chi connectivity index (χ0n) is 20.1. The number of aryl methyl sites for hydroxylation is 2. The number of aliphatic hydroxyl groups excluding tert-OH is 1. The molecule has 1 aromatic heterocycles. The largest absolute Gasteiger partial charge is 0.477 e. The molecule has 34 heavy (non-hydrogen) atoms. The molecule has 6 heteroatoms. The number of nitrogens with zero attached hydrogens (tertiary/aromatic N) is 1. The number of carbonyl (C=O) groups is 2. The molecule has 1 fully saturated rings. The molecule has 1 aromatic carbocycles. The first-order valence-electron chi connectivity index (χ1n) is 12.5. The van der Waals surface area contributed by atoms with E-state index in [-0.39, 0.29) is 17.9 Å². The summed E-state index contributed by atoms with van der Waals surface area (Å²) in [5, 5.41) is 19.7. The van der Waals surface area contributed by atoms with Gasteiger partial charge in [-0.05, 0) is 62.1 Å². The van der Waals surface area contributed by atoms with E-state index < -0.39 is 12.1 Å². The van der Waals surface area contributed by atoms with Crippen LogP contribution in [-0.4, -0.2) is 45.7 Å². The van der Waals surface area contributed by atoms with Crippen molar-refractivity contribution >= 4 is 23.2 Å². The zero-order chi connectivity index (χ0) is 24.3. The van der Waals surface area contributed by atoms with Crippen LogP contribution in [0.1, 0.15) is 72.0 Å². The Morgan fingerprint density at radius 3 is 2.65 bits per heavy atom. The number of hydrogen-bond acceptors (Lipinski definition) is 4. The summed E-state index contributed by atoms with van der Waals surface area (Å²) >= 11 is 1.30. The third-order valence-corrected chi connectivity index (χ3v) is 7.78. The number of carboxylic acids is 1. The van der Waals surface area contributed by atoms with Crippen LogP contribution >= 0.6 is 11.3 Å². The molecule has 1 aliphatic heterocycles. The number of carboxylic acid groups (broad SMARTS) is 1. The number of rotatable bonds is 14. The fraction of sp³-hybridized carbons (Fsp3) is 0.500. The van der Waals surface area contributed by atoms with Gasteiger partial charge < -0.3 is 15.1 Å². The first-order chi connectivity index (χ1) is 16.4. The molecule has 3 unspecified atom stereocenters. The summed E-state index contributed by atoms with van der Waals surface area (Å²) in [7, 11) is 0. The average molecular weight is 484 g/mol. The van der Waals surface area contributed by atoms with Gasteiger partial charge in [-0.1, -0.05) is 62.2 Å². The minimum Gasteiger partial charge on any atom is -0.477 e. The number of amides is 1. The standard InChI is InChI=1S/C28H37NO4S/c1-21(9-4-2-5-10-22-11-6-3-7-12-22)25(30)17-14-23-15-19-27(31)29(23)20-8-13-24-16-18-26(34-24)28(32)33/h3,6-7,11-12,14,16-18,21,23,25,30H,2,4-5,8-10,13,15,19-20H2,1H3,(H,32,33). The van der Waals surface area contributed by atoms with E-state index in [1.165, 1.54) is 29.7 Å². The van der Waals surface area contributed by atoms with Crippen LogP contribution in [0.5, 0.6) is 0 Å². The molecular weight excluding hydrogens is 446 g/mol. The summed E-state index contributed by atoms with van der Waals surface area (Å²) in [5.74, 6) is -0.537. The number of thiophene rings is 1. The second-order valence-corrected chi connectivity index (χ2v) is 10.5. The van der Waals surface area contributed by atoms with Crippen molar-refractivity contribution in [2.75, 3.05) is 6.54 Å². The van der Waals surface area contributed by atoms with Crippen molar-refractivity contribution < 1.29 is 19.8 Å². The topological polar surface area (TPSA) is 77.8 Å². The second kappa shape index (κ2) is 13.4. The smallest absolute Gasteiger partial charge is 0.345 e. The van der Waals surface area contributed by atoms with Crippen molar-refractivity contribution in [3.63, 3.8) is 0 Å². The van der Waals surface area contributed by atoms with Crippen LogP contribution in [0.25, 0.3) is 0 Å². The van der Waals surface area contributed by atoms with Gasteiger partial charge in [-0.25, -0.2) is 4.79 Å². The fourth-order valence-corrected chi connectivity index (χ4v) is 5.41. The van der Waals surface area contributed by atoms with E-state index in [2.05, 4.69) is 31.2 Å². The van der Waals surface area contributed by atoms with Gasteiger partial charge >= 0.3 is 5.97 Å². The van der Waals surface area contributed by atoms with Crippen LogP contribution in [0, 0.1) is 5.92 Å². The van der Waals surface area contributed by atoms with Crippen LogP contribution in [0.15, 0.2) is 54.6 Å². The van der Waals surface area contributed by atoms with Crippen molar-refractivity contribution in [3.05, 3.63) is 69.9 Å². The Kier molecular flexibility index (Phi) is 10.4. The van der Waals surface area contributed by atoms with Gasteiger partial charge in [0.25, 0.3) is 0 Å². The predicted molar refractivity (Wildman–Crippen MR) is 137 cm³/mol. The summed E-state index contributed by atoms with van der Waals surface area (Å²) in [6.07, 6.45) is 11.8. The van der Waals surface area contributed by atoms with Gasteiger partial charge in [0, 0.05) is 17.8 Å². The molecule has 0 saturated carbocycles. The molecular formula is C28H37NO4S. The molecule has 5 nitrogen and oxygen atoms in total. The first kappa shape index (κ1) is 26.2. The van der Waals surface area contributed by atoms with E-state index in [0.717, 1.165) is 43.4 Å². The highest BCUT2D eigenvalue weighted by Crippen LogP contribution is 2.23. The van der Waals surface area contributed by atoms with Crippen molar-refractivity contribution in [2.45, 2.75) is 76.9 Å². The van der Waals surface area contributed by atoms with Crippen molar-refractivity contribution in [1.82, 2.24) is 4.90 Å². The summed E-state index contributed by atoms with van der Waals surface area (Å²) in [6, 6.07) is 14.1. The Morgan fingerprint density at radius 2 is 1.91 bits per heavy atom. The van der Waals surface area contributed by atoms with Gasteiger partial charge in [-0.3, -0.25) is 4.79 Å². The summed E-state index contributed by atoms with van der Waals surface area (Å²) < 4.78 is 0. The number of aliphatic hydroxyl groups is 1. The lowest BCUT2D eigenvalue weighted by molar-refractivity contribution is -0.128. The summed E-state index contributed by atoms with van der Waals surface area (Å²) in [6.45, 7) is 2.75. The maximum atomic E-state index is 12.4. The molecule has 0 aliphatic carbocycles. The van der Waals surface area contributed by atoms with Crippen LogP contribution in [0.2, 0.25) is 0 Å². The van der Waals surface area contributed by atoms with Crippen LogP contribution in [0.3, 0.4) is 0 Å². The third kappa shape index (κ3) is 8.10. The monoisotopic (exact) mass is 483 g/mol. The molecule has 0 radical (unpaired) electrons.